The third-order valence-corrected chi connectivity index (χ3v) is 0.627. The van der Waals surface area contributed by atoms with Gasteiger partial charge in [0.2, 0.25) is 0 Å². The molecule has 7 nitrogen and oxygen atoms in total. The first-order valence-electron chi connectivity index (χ1n) is 2.58. The normalized spacial score (nSPS) is 9.45. The second-order valence-electron chi connectivity index (χ2n) is 1.31. The van der Waals surface area contributed by atoms with Crippen molar-refractivity contribution in [3.8, 4) is 0 Å². The number of primary amides is 1. The molecular formula is C3H11N2O5P. The minimum Gasteiger partial charge on any atom is -0.354 e. The average Bonchev–Trinajstić information content (AvgIpc) is 1.57. The molecule has 0 saturated heterocycles. The summed E-state index contributed by atoms with van der Waals surface area (Å²) in [7, 11) is -4.70. The molecule has 0 aliphatic rings. The number of phosphoric ester groups is 1. The van der Waals surface area contributed by atoms with E-state index in [0.717, 1.165) is 6.54 Å². The van der Waals surface area contributed by atoms with Crippen LogP contribution in [-0.4, -0.2) is 22.4 Å². The SMILES string of the molecule is CCN.NC(=O)OP(=O)(O)O. The summed E-state index contributed by atoms with van der Waals surface area (Å²) in [6.45, 7) is 2.65. The fourth-order valence-corrected chi connectivity index (χ4v) is 0.352. The van der Waals surface area contributed by atoms with Gasteiger partial charge >= 0.3 is 13.9 Å². The summed E-state index contributed by atoms with van der Waals surface area (Å²) in [5.74, 6) is 0. The minimum absolute atomic E-state index is 0.750. The third kappa shape index (κ3) is 26.6. The predicted molar refractivity (Wildman–Crippen MR) is 37.4 cm³/mol. The van der Waals surface area contributed by atoms with Crippen LogP contribution < -0.4 is 11.5 Å². The van der Waals surface area contributed by atoms with E-state index in [1.54, 1.807) is 0 Å². The number of carbonyl (C=O) groups is 1. The molecule has 0 rings (SSSR count). The molecule has 0 aromatic carbocycles. The zero-order valence-corrected chi connectivity index (χ0v) is 6.82. The molecule has 0 bridgehead atoms. The summed E-state index contributed by atoms with van der Waals surface area (Å²) >= 11 is 0. The molecule has 0 spiro atoms. The summed E-state index contributed by atoms with van der Waals surface area (Å²) in [6, 6.07) is 0. The molecule has 6 N–H and O–H groups in total. The van der Waals surface area contributed by atoms with Crippen molar-refractivity contribution in [1.82, 2.24) is 0 Å². The number of hydrogen-bond acceptors (Lipinski definition) is 4. The van der Waals surface area contributed by atoms with Crippen LogP contribution in [0.3, 0.4) is 0 Å². The summed E-state index contributed by atoms with van der Waals surface area (Å²) in [4.78, 5) is 25.1. The molecule has 11 heavy (non-hydrogen) atoms. The van der Waals surface area contributed by atoms with Gasteiger partial charge in [-0.1, -0.05) is 6.92 Å². The standard InChI is InChI=1S/C2H7N.CH4NO5P/c1-2-3;2-1(3)7-8(4,5)6/h2-3H2,1H3;(H2,2,3)(H2,4,5,6). The molecule has 0 atom stereocenters. The monoisotopic (exact) mass is 186 g/mol. The second-order valence-corrected chi connectivity index (χ2v) is 2.47. The summed E-state index contributed by atoms with van der Waals surface area (Å²) in [5.41, 5.74) is 9.07. The Morgan fingerprint density at radius 2 is 1.91 bits per heavy atom. The largest absolute Gasteiger partial charge is 0.528 e. The van der Waals surface area contributed by atoms with Crippen molar-refractivity contribution in [3.05, 3.63) is 0 Å². The van der Waals surface area contributed by atoms with Crippen molar-refractivity contribution in [1.29, 1.82) is 0 Å². The van der Waals surface area contributed by atoms with Crippen molar-refractivity contribution in [3.63, 3.8) is 0 Å². The van der Waals surface area contributed by atoms with Gasteiger partial charge in [-0.05, 0) is 6.54 Å². The third-order valence-electron chi connectivity index (χ3n) is 0.209. The van der Waals surface area contributed by atoms with Gasteiger partial charge in [-0.25, -0.2) is 9.36 Å². The van der Waals surface area contributed by atoms with Crippen molar-refractivity contribution >= 4 is 13.9 Å². The van der Waals surface area contributed by atoms with E-state index in [2.05, 4.69) is 10.3 Å². The zero-order valence-electron chi connectivity index (χ0n) is 5.93. The Hall–Kier alpha value is -0.620. The lowest BCUT2D eigenvalue weighted by molar-refractivity contribution is 0.185. The van der Waals surface area contributed by atoms with Crippen molar-refractivity contribution in [2.75, 3.05) is 6.54 Å². The first kappa shape index (κ1) is 13.0. The average molecular weight is 186 g/mol. The van der Waals surface area contributed by atoms with E-state index in [1.807, 2.05) is 6.92 Å². The Labute approximate surface area is 63.6 Å². The number of hydrogen-bond donors (Lipinski definition) is 4. The molecule has 0 aliphatic carbocycles. The maximum Gasteiger partial charge on any atom is 0.528 e. The van der Waals surface area contributed by atoms with Crippen molar-refractivity contribution < 1.29 is 23.7 Å². The number of nitrogens with two attached hydrogens (primary N) is 2. The van der Waals surface area contributed by atoms with Crippen LogP contribution in [0.5, 0.6) is 0 Å². The fraction of sp³-hybridized carbons (Fsp3) is 0.667. The summed E-state index contributed by atoms with van der Waals surface area (Å²) < 4.78 is 12.9. The molecular weight excluding hydrogens is 175 g/mol. The van der Waals surface area contributed by atoms with Crippen LogP contribution in [0, 0.1) is 0 Å². The number of carbonyl (C=O) groups excluding carboxylic acids is 1. The van der Waals surface area contributed by atoms with E-state index in [4.69, 9.17) is 15.5 Å². The van der Waals surface area contributed by atoms with Gasteiger partial charge in [0.25, 0.3) is 0 Å². The van der Waals surface area contributed by atoms with E-state index in [1.165, 1.54) is 0 Å². The van der Waals surface area contributed by atoms with Crippen molar-refractivity contribution in [2.24, 2.45) is 11.5 Å². The van der Waals surface area contributed by atoms with Crippen molar-refractivity contribution in [2.45, 2.75) is 6.92 Å². The highest BCUT2D eigenvalue weighted by molar-refractivity contribution is 7.46. The lowest BCUT2D eigenvalue weighted by Crippen LogP contribution is -2.10. The number of phosphoric acid groups is 1. The highest BCUT2D eigenvalue weighted by atomic mass is 31.2. The van der Waals surface area contributed by atoms with Crippen LogP contribution in [-0.2, 0) is 9.09 Å². The molecule has 1 amide bonds. The maximum atomic E-state index is 9.61. The molecule has 0 aliphatic heterocycles. The molecule has 0 fully saturated rings. The van der Waals surface area contributed by atoms with Crippen LogP contribution in [0.2, 0.25) is 0 Å². The highest BCUT2D eigenvalue weighted by Gasteiger charge is 2.17. The Bertz CT molecular complexity index is 154. The smallest absolute Gasteiger partial charge is 0.354 e. The second kappa shape index (κ2) is 6.11. The topological polar surface area (TPSA) is 136 Å². The molecule has 68 valence electrons. The van der Waals surface area contributed by atoms with Crippen LogP contribution >= 0.6 is 7.82 Å². The molecule has 8 heteroatoms. The van der Waals surface area contributed by atoms with Gasteiger partial charge in [-0.15, -0.1) is 0 Å². The van der Waals surface area contributed by atoms with Crippen LogP contribution in [0.15, 0.2) is 0 Å². The van der Waals surface area contributed by atoms with E-state index in [9.17, 15) is 9.36 Å². The van der Waals surface area contributed by atoms with Crippen LogP contribution in [0.1, 0.15) is 6.92 Å². The molecule has 0 unspecified atom stereocenters. The first-order chi connectivity index (χ1) is 4.83. The Balaban J connectivity index is 0. The van der Waals surface area contributed by atoms with Gasteiger partial charge < -0.3 is 16.0 Å². The van der Waals surface area contributed by atoms with Crippen LogP contribution in [0.25, 0.3) is 0 Å². The van der Waals surface area contributed by atoms with Crippen LogP contribution in [0.4, 0.5) is 4.79 Å². The highest BCUT2D eigenvalue weighted by Crippen LogP contribution is 2.35. The van der Waals surface area contributed by atoms with Gasteiger partial charge in [-0.2, -0.15) is 0 Å². The van der Waals surface area contributed by atoms with Gasteiger partial charge in [0, 0.05) is 0 Å². The fourth-order valence-electron chi connectivity index (χ4n) is 0.117. The molecule has 0 saturated carbocycles. The van der Waals surface area contributed by atoms with E-state index < -0.39 is 13.9 Å². The van der Waals surface area contributed by atoms with Gasteiger partial charge in [0.05, 0.1) is 0 Å². The lowest BCUT2D eigenvalue weighted by atomic mass is 10.8. The molecule has 0 aromatic rings. The Morgan fingerprint density at radius 3 is 1.91 bits per heavy atom. The van der Waals surface area contributed by atoms with E-state index in [0.29, 0.717) is 0 Å². The minimum atomic E-state index is -4.70. The molecule has 0 radical (unpaired) electrons. The Kier molecular flexibility index (Phi) is 7.23. The van der Waals surface area contributed by atoms with E-state index in [-0.39, 0.29) is 0 Å². The van der Waals surface area contributed by atoms with Gasteiger partial charge in [0.1, 0.15) is 0 Å². The predicted octanol–water partition coefficient (Wildman–Crippen LogP) is -0.861. The van der Waals surface area contributed by atoms with Gasteiger partial charge in [0.15, 0.2) is 0 Å². The van der Waals surface area contributed by atoms with Gasteiger partial charge in [-0.3, -0.25) is 9.79 Å². The Morgan fingerprint density at radius 1 is 1.64 bits per heavy atom. The number of amides is 1. The molecule has 0 heterocycles. The summed E-state index contributed by atoms with van der Waals surface area (Å²) in [5, 5.41) is 0. The quantitative estimate of drug-likeness (QED) is 0.393. The maximum absolute atomic E-state index is 9.61. The first-order valence-corrected chi connectivity index (χ1v) is 4.11. The number of rotatable bonds is 1. The lowest BCUT2D eigenvalue weighted by Gasteiger charge is -1.98. The molecule has 0 aromatic heterocycles. The zero-order chi connectivity index (χ0) is 9.49. The van der Waals surface area contributed by atoms with E-state index >= 15 is 0 Å². The summed E-state index contributed by atoms with van der Waals surface area (Å²) in [6.07, 6.45) is -1.49.